The summed E-state index contributed by atoms with van der Waals surface area (Å²) in [5.74, 6) is 0.973. The molecule has 7 heteroatoms. The molecule has 1 amide bonds. The molecule has 0 radical (unpaired) electrons. The molecule has 0 spiro atoms. The number of hydrogen-bond donors (Lipinski definition) is 2. The van der Waals surface area contributed by atoms with E-state index < -0.39 is 0 Å². The Morgan fingerprint density at radius 1 is 1.36 bits per heavy atom. The fourth-order valence-electron chi connectivity index (χ4n) is 2.78. The van der Waals surface area contributed by atoms with Crippen LogP contribution >= 0.6 is 0 Å². The Balaban J connectivity index is 1.62. The Bertz CT molecular complexity index is 728. The second-order valence-corrected chi connectivity index (χ2v) is 5.88. The van der Waals surface area contributed by atoms with Crippen molar-refractivity contribution in [2.24, 2.45) is 0 Å². The maximum atomic E-state index is 12.5. The molecule has 2 N–H and O–H groups in total. The average Bonchev–Trinajstić information content (AvgIpc) is 3.14. The van der Waals surface area contributed by atoms with Crippen molar-refractivity contribution in [3.63, 3.8) is 0 Å². The molecule has 3 heterocycles. The number of nitrogens with zero attached hydrogens (tertiary/aromatic N) is 2. The van der Waals surface area contributed by atoms with Gasteiger partial charge in [-0.25, -0.2) is 4.98 Å². The van der Waals surface area contributed by atoms with E-state index in [0.717, 1.165) is 31.8 Å². The van der Waals surface area contributed by atoms with Gasteiger partial charge in [0.05, 0.1) is 30.8 Å². The number of anilines is 2. The number of carbonyl (C=O) groups is 1. The van der Waals surface area contributed by atoms with Crippen LogP contribution in [0.15, 0.2) is 30.6 Å². The van der Waals surface area contributed by atoms with Crippen LogP contribution in [-0.4, -0.2) is 42.2 Å². The van der Waals surface area contributed by atoms with Gasteiger partial charge < -0.3 is 20.1 Å². The summed E-state index contributed by atoms with van der Waals surface area (Å²) in [5.41, 5.74) is 1.64. The summed E-state index contributed by atoms with van der Waals surface area (Å²) >= 11 is 0. The molecular weight excluding hydrogens is 320 g/mol. The number of ether oxygens (including phenoxy) is 2. The molecule has 2 aromatic rings. The zero-order chi connectivity index (χ0) is 17.6. The zero-order valence-corrected chi connectivity index (χ0v) is 14.4. The van der Waals surface area contributed by atoms with Gasteiger partial charge in [-0.1, -0.05) is 0 Å². The summed E-state index contributed by atoms with van der Waals surface area (Å²) in [7, 11) is 1.53. The minimum Gasteiger partial charge on any atom is -0.496 e. The third kappa shape index (κ3) is 4.24. The molecule has 0 aromatic carbocycles. The van der Waals surface area contributed by atoms with Crippen molar-refractivity contribution in [3.8, 4) is 5.75 Å². The molecule has 1 aliphatic rings. The van der Waals surface area contributed by atoms with Crippen molar-refractivity contribution in [3.05, 3.63) is 41.9 Å². The van der Waals surface area contributed by atoms with E-state index in [0.29, 0.717) is 22.7 Å². The van der Waals surface area contributed by atoms with Gasteiger partial charge in [0.25, 0.3) is 5.91 Å². The van der Waals surface area contributed by atoms with E-state index in [4.69, 9.17) is 9.47 Å². The summed E-state index contributed by atoms with van der Waals surface area (Å²) < 4.78 is 10.8. The highest BCUT2D eigenvalue weighted by Gasteiger charge is 2.17. The van der Waals surface area contributed by atoms with E-state index in [1.807, 2.05) is 6.07 Å². The van der Waals surface area contributed by atoms with Crippen molar-refractivity contribution in [2.75, 3.05) is 30.9 Å². The maximum absolute atomic E-state index is 12.5. The van der Waals surface area contributed by atoms with E-state index in [2.05, 4.69) is 20.6 Å². The van der Waals surface area contributed by atoms with Gasteiger partial charge in [-0.3, -0.25) is 9.78 Å². The van der Waals surface area contributed by atoms with Crippen molar-refractivity contribution < 1.29 is 14.3 Å². The monoisotopic (exact) mass is 342 g/mol. The number of aryl methyl sites for hydroxylation is 1. The number of pyridine rings is 2. The summed E-state index contributed by atoms with van der Waals surface area (Å²) in [6.07, 6.45) is 5.67. The normalized spacial score (nSPS) is 16.5. The van der Waals surface area contributed by atoms with E-state index >= 15 is 0 Å². The van der Waals surface area contributed by atoms with Crippen LogP contribution < -0.4 is 15.4 Å². The number of nitrogens with one attached hydrogen (secondary N) is 2. The molecule has 1 atom stereocenters. The second kappa shape index (κ2) is 7.94. The number of carbonyl (C=O) groups excluding carboxylic acids is 1. The number of rotatable bonds is 6. The van der Waals surface area contributed by atoms with Crippen LogP contribution in [0.25, 0.3) is 0 Å². The molecule has 0 bridgehead atoms. The number of hydrogen-bond acceptors (Lipinski definition) is 6. The molecule has 2 aromatic heterocycles. The Labute approximate surface area is 146 Å². The van der Waals surface area contributed by atoms with Crippen LogP contribution in [-0.2, 0) is 4.74 Å². The van der Waals surface area contributed by atoms with Gasteiger partial charge in [-0.15, -0.1) is 0 Å². The highest BCUT2D eigenvalue weighted by Crippen LogP contribution is 2.21. The van der Waals surface area contributed by atoms with Crippen molar-refractivity contribution >= 4 is 17.4 Å². The first-order valence-electron chi connectivity index (χ1n) is 8.30. The van der Waals surface area contributed by atoms with Crippen molar-refractivity contribution in [2.45, 2.75) is 25.9 Å². The Morgan fingerprint density at radius 3 is 2.92 bits per heavy atom. The third-order valence-corrected chi connectivity index (χ3v) is 4.11. The highest BCUT2D eigenvalue weighted by atomic mass is 16.5. The first-order chi connectivity index (χ1) is 12.2. The van der Waals surface area contributed by atoms with Gasteiger partial charge in [0.2, 0.25) is 0 Å². The van der Waals surface area contributed by atoms with Gasteiger partial charge in [-0.05, 0) is 38.0 Å². The van der Waals surface area contributed by atoms with Crippen LogP contribution in [0.4, 0.5) is 11.5 Å². The van der Waals surface area contributed by atoms with E-state index in [9.17, 15) is 4.79 Å². The molecule has 0 saturated carbocycles. The van der Waals surface area contributed by atoms with E-state index in [1.165, 1.54) is 7.11 Å². The largest absolute Gasteiger partial charge is 0.496 e. The van der Waals surface area contributed by atoms with E-state index in [-0.39, 0.29) is 12.0 Å². The molecule has 1 fully saturated rings. The van der Waals surface area contributed by atoms with Crippen LogP contribution in [0.5, 0.6) is 5.75 Å². The molecular formula is C18H22N4O3. The lowest BCUT2D eigenvalue weighted by Crippen LogP contribution is -2.19. The van der Waals surface area contributed by atoms with Gasteiger partial charge >= 0.3 is 0 Å². The van der Waals surface area contributed by atoms with Gasteiger partial charge in [0.1, 0.15) is 17.1 Å². The lowest BCUT2D eigenvalue weighted by molar-refractivity contribution is 0.102. The number of aromatic nitrogens is 2. The Hall–Kier alpha value is -2.67. The smallest absolute Gasteiger partial charge is 0.261 e. The Morgan fingerprint density at radius 2 is 2.24 bits per heavy atom. The predicted octanol–water partition coefficient (Wildman–Crippen LogP) is 2.64. The first-order valence-corrected chi connectivity index (χ1v) is 8.30. The van der Waals surface area contributed by atoms with Crippen LogP contribution in [0.2, 0.25) is 0 Å². The van der Waals surface area contributed by atoms with Gasteiger partial charge in [0, 0.05) is 19.3 Å². The lowest BCUT2D eigenvalue weighted by Gasteiger charge is -2.13. The standard InChI is InChI=1S/C18H22N4O3/c1-12-17(15(24-2)7-8-19-12)18(23)22-13-5-6-16(20-10-13)21-11-14-4-3-9-25-14/h5-8,10,14H,3-4,9,11H2,1-2H3,(H,20,21)(H,22,23). The summed E-state index contributed by atoms with van der Waals surface area (Å²) in [5, 5.41) is 6.07. The first kappa shape index (κ1) is 17.2. The third-order valence-electron chi connectivity index (χ3n) is 4.11. The molecule has 1 unspecified atom stereocenters. The van der Waals surface area contributed by atoms with E-state index in [1.54, 1.807) is 31.5 Å². The van der Waals surface area contributed by atoms with Gasteiger partial charge in [0.15, 0.2) is 0 Å². The molecule has 25 heavy (non-hydrogen) atoms. The molecule has 7 nitrogen and oxygen atoms in total. The van der Waals surface area contributed by atoms with Crippen molar-refractivity contribution in [1.82, 2.24) is 9.97 Å². The SMILES string of the molecule is COc1ccnc(C)c1C(=O)Nc1ccc(NCC2CCCO2)nc1. The van der Waals surface area contributed by atoms with Crippen molar-refractivity contribution in [1.29, 1.82) is 0 Å². The van der Waals surface area contributed by atoms with Crippen LogP contribution in [0.1, 0.15) is 28.9 Å². The quantitative estimate of drug-likeness (QED) is 0.839. The fraction of sp³-hybridized carbons (Fsp3) is 0.389. The van der Waals surface area contributed by atoms with Gasteiger partial charge in [-0.2, -0.15) is 0 Å². The summed E-state index contributed by atoms with van der Waals surface area (Å²) in [4.78, 5) is 21.0. The lowest BCUT2D eigenvalue weighted by atomic mass is 10.1. The second-order valence-electron chi connectivity index (χ2n) is 5.88. The topological polar surface area (TPSA) is 85.4 Å². The minimum atomic E-state index is -0.274. The number of amides is 1. The predicted molar refractivity (Wildman–Crippen MR) is 95.2 cm³/mol. The minimum absolute atomic E-state index is 0.252. The fourth-order valence-corrected chi connectivity index (χ4v) is 2.78. The molecule has 132 valence electrons. The Kier molecular flexibility index (Phi) is 5.45. The molecule has 3 rings (SSSR count). The average molecular weight is 342 g/mol. The highest BCUT2D eigenvalue weighted by molar-refractivity contribution is 6.06. The van der Waals surface area contributed by atoms with Crippen LogP contribution in [0, 0.1) is 6.92 Å². The maximum Gasteiger partial charge on any atom is 0.261 e. The molecule has 1 saturated heterocycles. The van der Waals surface area contributed by atoms with Crippen LogP contribution in [0.3, 0.4) is 0 Å². The summed E-state index contributed by atoms with van der Waals surface area (Å²) in [6, 6.07) is 5.30. The number of methoxy groups -OCH3 is 1. The zero-order valence-electron chi connectivity index (χ0n) is 14.4. The molecule has 0 aliphatic carbocycles. The summed E-state index contributed by atoms with van der Waals surface area (Å²) in [6.45, 7) is 3.35. The molecule has 1 aliphatic heterocycles.